The van der Waals surface area contributed by atoms with Gasteiger partial charge in [0.25, 0.3) is 0 Å². The molecule has 1 saturated carbocycles. The predicted octanol–water partition coefficient (Wildman–Crippen LogP) is 2.72. The van der Waals surface area contributed by atoms with E-state index >= 15 is 0 Å². The standard InChI is InChI=1S/C15H27N3/c1-11-6-7-12(13(10-11)16-4)15(2,3)14-8-9-17-18(14)5/h8-9,11-13,16H,6-7,10H2,1-5H3. The first-order chi connectivity index (χ1) is 8.46. The third-order valence-corrected chi connectivity index (χ3v) is 4.89. The highest BCUT2D eigenvalue weighted by atomic mass is 15.3. The fraction of sp³-hybridized carbons (Fsp3) is 0.800. The molecule has 1 aliphatic carbocycles. The lowest BCUT2D eigenvalue weighted by Crippen LogP contribution is -2.47. The van der Waals surface area contributed by atoms with Gasteiger partial charge in [0.05, 0.1) is 0 Å². The molecule has 0 bridgehead atoms. The molecule has 3 nitrogen and oxygen atoms in total. The molecule has 1 aromatic heterocycles. The second-order valence-electron chi connectivity index (χ2n) is 6.48. The van der Waals surface area contributed by atoms with Crippen molar-refractivity contribution >= 4 is 0 Å². The number of aryl methyl sites for hydroxylation is 1. The van der Waals surface area contributed by atoms with Crippen LogP contribution in [0.1, 0.15) is 45.7 Å². The van der Waals surface area contributed by atoms with Crippen LogP contribution < -0.4 is 5.32 Å². The van der Waals surface area contributed by atoms with Crippen molar-refractivity contribution in [2.75, 3.05) is 7.05 Å². The van der Waals surface area contributed by atoms with Crippen LogP contribution in [0, 0.1) is 11.8 Å². The monoisotopic (exact) mass is 249 g/mol. The summed E-state index contributed by atoms with van der Waals surface area (Å²) in [6.07, 6.45) is 5.87. The smallest absolute Gasteiger partial charge is 0.0492 e. The maximum Gasteiger partial charge on any atom is 0.0492 e. The molecule has 1 heterocycles. The van der Waals surface area contributed by atoms with E-state index in [1.54, 1.807) is 0 Å². The highest BCUT2D eigenvalue weighted by molar-refractivity contribution is 5.17. The van der Waals surface area contributed by atoms with E-state index in [9.17, 15) is 0 Å². The molecule has 0 spiro atoms. The molecule has 102 valence electrons. The Kier molecular flexibility index (Phi) is 3.81. The summed E-state index contributed by atoms with van der Waals surface area (Å²) in [5.41, 5.74) is 1.53. The molecule has 3 atom stereocenters. The van der Waals surface area contributed by atoms with E-state index in [1.807, 2.05) is 10.9 Å². The Balaban J connectivity index is 2.26. The van der Waals surface area contributed by atoms with Crippen LogP contribution in [0.3, 0.4) is 0 Å². The van der Waals surface area contributed by atoms with Gasteiger partial charge in [0.1, 0.15) is 0 Å². The van der Waals surface area contributed by atoms with Gasteiger partial charge in [0.15, 0.2) is 0 Å². The third-order valence-electron chi connectivity index (χ3n) is 4.89. The minimum absolute atomic E-state index is 0.180. The molecular weight excluding hydrogens is 222 g/mol. The lowest BCUT2D eigenvalue weighted by molar-refractivity contribution is 0.146. The van der Waals surface area contributed by atoms with Crippen LogP contribution in [0.25, 0.3) is 0 Å². The second kappa shape index (κ2) is 5.04. The summed E-state index contributed by atoms with van der Waals surface area (Å²) in [7, 11) is 4.16. The molecular formula is C15H27N3. The molecule has 1 N–H and O–H groups in total. The Labute approximate surface area is 111 Å². The van der Waals surface area contributed by atoms with E-state index in [1.165, 1.54) is 25.0 Å². The highest BCUT2D eigenvalue weighted by Gasteiger charge is 2.40. The average molecular weight is 249 g/mol. The summed E-state index contributed by atoms with van der Waals surface area (Å²) < 4.78 is 2.03. The van der Waals surface area contributed by atoms with Crippen molar-refractivity contribution in [2.24, 2.45) is 18.9 Å². The number of nitrogens with one attached hydrogen (secondary N) is 1. The van der Waals surface area contributed by atoms with Crippen molar-refractivity contribution in [1.29, 1.82) is 0 Å². The molecule has 0 saturated heterocycles. The Morgan fingerprint density at radius 3 is 2.67 bits per heavy atom. The van der Waals surface area contributed by atoms with Gasteiger partial charge in [-0.25, -0.2) is 0 Å². The van der Waals surface area contributed by atoms with E-state index in [0.717, 1.165) is 5.92 Å². The van der Waals surface area contributed by atoms with Gasteiger partial charge in [0, 0.05) is 30.4 Å². The van der Waals surface area contributed by atoms with Gasteiger partial charge in [-0.1, -0.05) is 27.2 Å². The highest BCUT2D eigenvalue weighted by Crippen LogP contribution is 2.41. The summed E-state index contributed by atoms with van der Waals surface area (Å²) in [4.78, 5) is 0. The molecule has 0 aliphatic heterocycles. The first kappa shape index (κ1) is 13.6. The van der Waals surface area contributed by atoms with Gasteiger partial charge >= 0.3 is 0 Å². The topological polar surface area (TPSA) is 29.9 Å². The molecule has 1 fully saturated rings. The molecule has 0 radical (unpaired) electrons. The zero-order valence-electron chi connectivity index (χ0n) is 12.4. The summed E-state index contributed by atoms with van der Waals surface area (Å²) >= 11 is 0. The molecule has 0 aromatic carbocycles. The number of hydrogen-bond donors (Lipinski definition) is 1. The summed E-state index contributed by atoms with van der Waals surface area (Å²) in [5, 5.41) is 7.88. The first-order valence-electron chi connectivity index (χ1n) is 7.12. The molecule has 1 aromatic rings. The van der Waals surface area contributed by atoms with Gasteiger partial charge in [-0.15, -0.1) is 0 Å². The zero-order chi connectivity index (χ0) is 13.3. The van der Waals surface area contributed by atoms with Crippen molar-refractivity contribution in [3.05, 3.63) is 18.0 Å². The van der Waals surface area contributed by atoms with E-state index < -0.39 is 0 Å². The van der Waals surface area contributed by atoms with Crippen LogP contribution in [-0.2, 0) is 12.5 Å². The summed E-state index contributed by atoms with van der Waals surface area (Å²) in [6.45, 7) is 7.11. The SMILES string of the molecule is CNC1CC(C)CCC1C(C)(C)c1ccnn1C. The Hall–Kier alpha value is -0.830. The molecule has 2 rings (SSSR count). The number of aromatic nitrogens is 2. The van der Waals surface area contributed by atoms with Gasteiger partial charge in [-0.2, -0.15) is 5.10 Å². The second-order valence-corrected chi connectivity index (χ2v) is 6.48. The Morgan fingerprint density at radius 2 is 2.11 bits per heavy atom. The average Bonchev–Trinajstić information content (AvgIpc) is 2.75. The van der Waals surface area contributed by atoms with Gasteiger partial charge in [-0.05, 0) is 37.8 Å². The van der Waals surface area contributed by atoms with Crippen molar-refractivity contribution in [3.8, 4) is 0 Å². The van der Waals surface area contributed by atoms with Gasteiger partial charge in [-0.3, -0.25) is 4.68 Å². The van der Waals surface area contributed by atoms with E-state index in [2.05, 4.69) is 51.3 Å². The Bertz CT molecular complexity index is 394. The van der Waals surface area contributed by atoms with Crippen LogP contribution >= 0.6 is 0 Å². The molecule has 0 amide bonds. The molecule has 3 heteroatoms. The van der Waals surface area contributed by atoms with Crippen molar-refractivity contribution in [1.82, 2.24) is 15.1 Å². The number of hydrogen-bond acceptors (Lipinski definition) is 2. The zero-order valence-corrected chi connectivity index (χ0v) is 12.4. The molecule has 1 aliphatic rings. The first-order valence-corrected chi connectivity index (χ1v) is 7.12. The van der Waals surface area contributed by atoms with E-state index in [-0.39, 0.29) is 5.41 Å². The number of rotatable bonds is 3. The molecule has 18 heavy (non-hydrogen) atoms. The number of nitrogens with zero attached hydrogens (tertiary/aromatic N) is 2. The summed E-state index contributed by atoms with van der Waals surface area (Å²) in [6, 6.07) is 2.80. The van der Waals surface area contributed by atoms with Crippen LogP contribution in [0.4, 0.5) is 0 Å². The van der Waals surface area contributed by atoms with Gasteiger partial charge in [0.2, 0.25) is 0 Å². The van der Waals surface area contributed by atoms with E-state index in [4.69, 9.17) is 0 Å². The fourth-order valence-electron chi connectivity index (χ4n) is 3.76. The quantitative estimate of drug-likeness (QED) is 0.892. The van der Waals surface area contributed by atoms with E-state index in [0.29, 0.717) is 12.0 Å². The predicted molar refractivity (Wildman–Crippen MR) is 75.6 cm³/mol. The Morgan fingerprint density at radius 1 is 1.39 bits per heavy atom. The minimum atomic E-state index is 0.180. The van der Waals surface area contributed by atoms with Crippen molar-refractivity contribution in [2.45, 2.75) is 51.5 Å². The molecule has 3 unspecified atom stereocenters. The third kappa shape index (κ3) is 2.33. The van der Waals surface area contributed by atoms with Crippen LogP contribution in [0.2, 0.25) is 0 Å². The maximum atomic E-state index is 4.34. The van der Waals surface area contributed by atoms with Crippen LogP contribution in [-0.4, -0.2) is 22.9 Å². The van der Waals surface area contributed by atoms with Crippen LogP contribution in [0.5, 0.6) is 0 Å². The largest absolute Gasteiger partial charge is 0.317 e. The lowest BCUT2D eigenvalue weighted by Gasteiger charge is -2.44. The van der Waals surface area contributed by atoms with Crippen molar-refractivity contribution in [3.63, 3.8) is 0 Å². The maximum absolute atomic E-state index is 4.34. The minimum Gasteiger partial charge on any atom is -0.317 e. The van der Waals surface area contributed by atoms with Crippen molar-refractivity contribution < 1.29 is 0 Å². The van der Waals surface area contributed by atoms with Gasteiger partial charge < -0.3 is 5.32 Å². The normalized spacial score (nSPS) is 29.5. The fourth-order valence-corrected chi connectivity index (χ4v) is 3.76. The van der Waals surface area contributed by atoms with Crippen LogP contribution in [0.15, 0.2) is 12.3 Å². The summed E-state index contributed by atoms with van der Waals surface area (Å²) in [5.74, 6) is 1.54. The lowest BCUT2D eigenvalue weighted by atomic mass is 9.65.